The zero-order valence-corrected chi connectivity index (χ0v) is 15.0. The number of aromatic amines is 1. The van der Waals surface area contributed by atoms with Crippen molar-refractivity contribution in [1.82, 2.24) is 20.5 Å². The van der Waals surface area contributed by atoms with Crippen molar-refractivity contribution in [3.63, 3.8) is 0 Å². The van der Waals surface area contributed by atoms with Crippen molar-refractivity contribution >= 4 is 5.91 Å². The lowest BCUT2D eigenvalue weighted by molar-refractivity contribution is 0.0951. The van der Waals surface area contributed by atoms with Gasteiger partial charge in [-0.15, -0.1) is 0 Å². The van der Waals surface area contributed by atoms with Gasteiger partial charge in [0.15, 0.2) is 0 Å². The summed E-state index contributed by atoms with van der Waals surface area (Å²) in [6.07, 6.45) is 5.09. The van der Waals surface area contributed by atoms with Gasteiger partial charge in [0.1, 0.15) is 5.82 Å². The van der Waals surface area contributed by atoms with Crippen molar-refractivity contribution in [3.05, 3.63) is 65.7 Å². The summed E-state index contributed by atoms with van der Waals surface area (Å²) in [5, 5.41) is 9.60. The van der Waals surface area contributed by atoms with Crippen molar-refractivity contribution in [2.45, 2.75) is 26.3 Å². The Bertz CT molecular complexity index is 893. The summed E-state index contributed by atoms with van der Waals surface area (Å²) in [4.78, 5) is 16.8. The molecule has 0 unspecified atom stereocenters. The van der Waals surface area contributed by atoms with Crippen LogP contribution in [0.25, 0.3) is 11.3 Å². The van der Waals surface area contributed by atoms with Crippen LogP contribution in [0.1, 0.15) is 35.7 Å². The van der Waals surface area contributed by atoms with E-state index >= 15 is 0 Å². The van der Waals surface area contributed by atoms with Gasteiger partial charge in [0.2, 0.25) is 5.88 Å². The third-order valence-electron chi connectivity index (χ3n) is 4.04. The fourth-order valence-electron chi connectivity index (χ4n) is 2.57. The Hall–Kier alpha value is -3.22. The molecule has 0 fully saturated rings. The molecule has 3 aromatic rings. The third-order valence-corrected chi connectivity index (χ3v) is 4.04. The van der Waals surface area contributed by atoms with Crippen molar-refractivity contribution in [2.75, 3.05) is 6.61 Å². The quantitative estimate of drug-likeness (QED) is 0.594. The zero-order chi connectivity index (χ0) is 19.1. The van der Waals surface area contributed by atoms with Crippen LogP contribution in [0.15, 0.2) is 48.8 Å². The SMILES string of the molecule is CCCCOc1ncccc1CNC(=O)c1cn[nH]c1-c1ccc(F)cc1. The number of unbranched alkanes of at least 4 members (excludes halogenated alkanes) is 1. The van der Waals surface area contributed by atoms with Crippen molar-refractivity contribution in [2.24, 2.45) is 0 Å². The standard InChI is InChI=1S/C20H21FN4O2/c1-2-3-11-27-20-15(5-4-10-22-20)12-23-19(26)17-13-24-25-18(17)14-6-8-16(21)9-7-14/h4-10,13H,2-3,11-12H2,1H3,(H,23,26)(H,24,25). The smallest absolute Gasteiger partial charge is 0.255 e. The number of carbonyl (C=O) groups excluding carboxylic acids is 1. The molecule has 140 valence electrons. The molecule has 6 nitrogen and oxygen atoms in total. The van der Waals surface area contributed by atoms with E-state index in [2.05, 4.69) is 27.4 Å². The molecular formula is C20H21FN4O2. The van der Waals surface area contributed by atoms with E-state index in [1.54, 1.807) is 24.4 Å². The number of rotatable bonds is 8. The van der Waals surface area contributed by atoms with Gasteiger partial charge in [-0.25, -0.2) is 9.37 Å². The normalized spacial score (nSPS) is 10.6. The molecule has 0 aliphatic carbocycles. The summed E-state index contributed by atoms with van der Waals surface area (Å²) in [5.41, 5.74) is 2.41. The van der Waals surface area contributed by atoms with E-state index in [0.29, 0.717) is 29.3 Å². The minimum Gasteiger partial charge on any atom is -0.477 e. The minimum atomic E-state index is -0.337. The first kappa shape index (κ1) is 18.6. The largest absolute Gasteiger partial charge is 0.477 e. The van der Waals surface area contributed by atoms with Crippen LogP contribution < -0.4 is 10.1 Å². The van der Waals surface area contributed by atoms with E-state index in [-0.39, 0.29) is 18.3 Å². The van der Waals surface area contributed by atoms with Crippen LogP contribution in [0.3, 0.4) is 0 Å². The Balaban J connectivity index is 1.69. The molecule has 0 aliphatic rings. The second-order valence-corrected chi connectivity index (χ2v) is 6.02. The van der Waals surface area contributed by atoms with Crippen LogP contribution in [0.5, 0.6) is 5.88 Å². The lowest BCUT2D eigenvalue weighted by Gasteiger charge is -2.11. The van der Waals surface area contributed by atoms with Crippen molar-refractivity contribution in [1.29, 1.82) is 0 Å². The molecule has 1 aromatic carbocycles. The third kappa shape index (κ3) is 4.69. The number of nitrogens with one attached hydrogen (secondary N) is 2. The van der Waals surface area contributed by atoms with Gasteiger partial charge in [0.25, 0.3) is 5.91 Å². The van der Waals surface area contributed by atoms with Gasteiger partial charge < -0.3 is 10.1 Å². The average Bonchev–Trinajstić information content (AvgIpc) is 3.18. The number of carbonyl (C=O) groups is 1. The average molecular weight is 368 g/mol. The molecule has 0 bridgehead atoms. The maximum absolute atomic E-state index is 13.1. The number of amides is 1. The Labute approximate surface area is 156 Å². The first-order chi connectivity index (χ1) is 13.2. The summed E-state index contributed by atoms with van der Waals surface area (Å²) in [5.74, 6) is -0.0971. The number of H-pyrrole nitrogens is 1. The Kier molecular flexibility index (Phi) is 6.14. The molecule has 7 heteroatoms. The number of halogens is 1. The van der Waals surface area contributed by atoms with Gasteiger partial charge in [-0.1, -0.05) is 19.4 Å². The van der Waals surface area contributed by atoms with Gasteiger partial charge in [0.05, 0.1) is 24.1 Å². The molecule has 0 saturated carbocycles. The lowest BCUT2D eigenvalue weighted by atomic mass is 10.1. The highest BCUT2D eigenvalue weighted by Crippen LogP contribution is 2.22. The number of hydrogen-bond donors (Lipinski definition) is 2. The summed E-state index contributed by atoms with van der Waals surface area (Å²) >= 11 is 0. The Morgan fingerprint density at radius 2 is 2.07 bits per heavy atom. The molecule has 3 rings (SSSR count). The Morgan fingerprint density at radius 1 is 1.26 bits per heavy atom. The molecule has 0 spiro atoms. The minimum absolute atomic E-state index is 0.280. The predicted octanol–water partition coefficient (Wildman–Crippen LogP) is 3.72. The van der Waals surface area contributed by atoms with Crippen LogP contribution in [0, 0.1) is 5.82 Å². The van der Waals surface area contributed by atoms with Crippen LogP contribution in [0.2, 0.25) is 0 Å². The van der Waals surface area contributed by atoms with E-state index in [9.17, 15) is 9.18 Å². The zero-order valence-electron chi connectivity index (χ0n) is 15.0. The lowest BCUT2D eigenvalue weighted by Crippen LogP contribution is -2.23. The van der Waals surface area contributed by atoms with Gasteiger partial charge in [-0.2, -0.15) is 5.10 Å². The second kappa shape index (κ2) is 8.93. The number of pyridine rings is 1. The van der Waals surface area contributed by atoms with E-state index in [0.717, 1.165) is 18.4 Å². The number of benzene rings is 1. The maximum Gasteiger partial charge on any atom is 0.255 e. The topological polar surface area (TPSA) is 79.9 Å². The molecule has 0 radical (unpaired) electrons. The number of hydrogen-bond acceptors (Lipinski definition) is 4. The predicted molar refractivity (Wildman–Crippen MR) is 99.8 cm³/mol. The van der Waals surface area contributed by atoms with E-state index in [1.807, 2.05) is 6.07 Å². The van der Waals surface area contributed by atoms with Crippen molar-refractivity contribution < 1.29 is 13.9 Å². The highest BCUT2D eigenvalue weighted by Gasteiger charge is 2.16. The summed E-state index contributed by atoms with van der Waals surface area (Å²) in [7, 11) is 0. The van der Waals surface area contributed by atoms with Gasteiger partial charge in [0, 0.05) is 23.9 Å². The number of nitrogens with zero attached hydrogens (tertiary/aromatic N) is 2. The molecule has 27 heavy (non-hydrogen) atoms. The highest BCUT2D eigenvalue weighted by molar-refractivity contribution is 5.99. The second-order valence-electron chi connectivity index (χ2n) is 6.02. The number of aromatic nitrogens is 3. The molecule has 2 heterocycles. The maximum atomic E-state index is 13.1. The van der Waals surface area contributed by atoms with Crippen molar-refractivity contribution in [3.8, 4) is 17.1 Å². The Morgan fingerprint density at radius 3 is 2.85 bits per heavy atom. The van der Waals surface area contributed by atoms with Crippen LogP contribution in [-0.4, -0.2) is 27.7 Å². The van der Waals surface area contributed by atoms with Crippen LogP contribution in [0.4, 0.5) is 4.39 Å². The van der Waals surface area contributed by atoms with E-state index in [4.69, 9.17) is 4.74 Å². The monoisotopic (exact) mass is 368 g/mol. The fraction of sp³-hybridized carbons (Fsp3) is 0.250. The summed E-state index contributed by atoms with van der Waals surface area (Å²) < 4.78 is 18.8. The molecule has 2 N–H and O–H groups in total. The van der Waals surface area contributed by atoms with Gasteiger partial charge in [-0.3, -0.25) is 9.89 Å². The van der Waals surface area contributed by atoms with Crippen LogP contribution in [-0.2, 0) is 6.54 Å². The molecule has 0 aliphatic heterocycles. The van der Waals surface area contributed by atoms with E-state index < -0.39 is 0 Å². The summed E-state index contributed by atoms with van der Waals surface area (Å²) in [6.45, 7) is 2.96. The molecule has 1 amide bonds. The number of ether oxygens (including phenoxy) is 1. The first-order valence-corrected chi connectivity index (χ1v) is 8.83. The van der Waals surface area contributed by atoms with Gasteiger partial charge in [-0.05, 0) is 36.8 Å². The molecule has 0 atom stereocenters. The molecular weight excluding hydrogens is 347 g/mol. The van der Waals surface area contributed by atoms with E-state index in [1.165, 1.54) is 18.3 Å². The first-order valence-electron chi connectivity index (χ1n) is 8.83. The molecule has 2 aromatic heterocycles. The highest BCUT2D eigenvalue weighted by atomic mass is 19.1. The molecule has 0 saturated heterocycles. The van der Waals surface area contributed by atoms with Crippen LogP contribution >= 0.6 is 0 Å². The fourth-order valence-corrected chi connectivity index (χ4v) is 2.57. The van der Waals surface area contributed by atoms with Gasteiger partial charge >= 0.3 is 0 Å². The summed E-state index contributed by atoms with van der Waals surface area (Å²) in [6, 6.07) is 9.54.